The van der Waals surface area contributed by atoms with E-state index in [4.69, 9.17) is 16.3 Å². The Hall–Kier alpha value is -2.86. The van der Waals surface area contributed by atoms with Gasteiger partial charge in [-0.05, 0) is 43.2 Å². The number of aryl methyl sites for hydroxylation is 2. The van der Waals surface area contributed by atoms with Gasteiger partial charge in [0.2, 0.25) is 11.8 Å². The number of nitrogens with zero attached hydrogens (tertiary/aromatic N) is 1. The largest absolute Gasteiger partial charge is 0.465 e. The minimum absolute atomic E-state index is 0.235. The summed E-state index contributed by atoms with van der Waals surface area (Å²) in [6, 6.07) is 10.1. The van der Waals surface area contributed by atoms with Crippen LogP contribution in [0.1, 0.15) is 28.4 Å². The molecule has 0 aliphatic carbocycles. The quantitative estimate of drug-likeness (QED) is 0.792. The predicted molar refractivity (Wildman–Crippen MR) is 105 cm³/mol. The molecular formula is C20H21ClN2O4. The van der Waals surface area contributed by atoms with Crippen molar-refractivity contribution in [1.29, 1.82) is 0 Å². The maximum atomic E-state index is 12.6. The Balaban J connectivity index is 2.29. The maximum Gasteiger partial charge on any atom is 0.337 e. The molecule has 0 atom stereocenters. The first kappa shape index (κ1) is 20.5. The van der Waals surface area contributed by atoms with Gasteiger partial charge in [-0.2, -0.15) is 0 Å². The molecule has 0 saturated carbocycles. The van der Waals surface area contributed by atoms with E-state index in [9.17, 15) is 14.4 Å². The van der Waals surface area contributed by atoms with Gasteiger partial charge >= 0.3 is 5.97 Å². The third-order valence-electron chi connectivity index (χ3n) is 4.09. The zero-order valence-electron chi connectivity index (χ0n) is 15.6. The summed E-state index contributed by atoms with van der Waals surface area (Å²) in [6.45, 7) is 4.87. The van der Waals surface area contributed by atoms with Crippen molar-refractivity contribution in [3.63, 3.8) is 0 Å². The third-order valence-corrected chi connectivity index (χ3v) is 4.41. The SMILES string of the molecule is COC(=O)c1ccc(Cl)c(N(CC(=O)Nc2c(C)cccc2C)C(C)=O)c1. The zero-order chi connectivity index (χ0) is 20.1. The highest BCUT2D eigenvalue weighted by Gasteiger charge is 2.21. The predicted octanol–water partition coefficient (Wildman–Crippen LogP) is 3.74. The molecule has 0 aliphatic heterocycles. The Morgan fingerprint density at radius 1 is 1.11 bits per heavy atom. The van der Waals surface area contributed by atoms with Gasteiger partial charge in [0.25, 0.3) is 0 Å². The van der Waals surface area contributed by atoms with Crippen LogP contribution in [0.15, 0.2) is 36.4 Å². The van der Waals surface area contributed by atoms with E-state index in [-0.39, 0.29) is 34.6 Å². The molecule has 0 aliphatic rings. The number of esters is 1. The number of anilines is 2. The van der Waals surface area contributed by atoms with Gasteiger partial charge in [-0.3, -0.25) is 9.59 Å². The van der Waals surface area contributed by atoms with E-state index in [0.717, 1.165) is 11.1 Å². The highest BCUT2D eigenvalue weighted by atomic mass is 35.5. The van der Waals surface area contributed by atoms with Crippen molar-refractivity contribution in [2.75, 3.05) is 23.9 Å². The minimum atomic E-state index is -0.559. The first-order valence-electron chi connectivity index (χ1n) is 8.26. The number of para-hydroxylation sites is 1. The summed E-state index contributed by atoms with van der Waals surface area (Å²) < 4.78 is 4.69. The van der Waals surface area contributed by atoms with E-state index in [2.05, 4.69) is 5.32 Å². The van der Waals surface area contributed by atoms with Crippen molar-refractivity contribution < 1.29 is 19.1 Å². The number of methoxy groups -OCH3 is 1. The second-order valence-corrected chi connectivity index (χ2v) is 6.49. The molecule has 0 spiro atoms. The van der Waals surface area contributed by atoms with Crippen LogP contribution in [-0.4, -0.2) is 31.4 Å². The second-order valence-electron chi connectivity index (χ2n) is 6.08. The number of amides is 2. The van der Waals surface area contributed by atoms with Gasteiger partial charge in [0.1, 0.15) is 6.54 Å². The van der Waals surface area contributed by atoms with Crippen LogP contribution in [0.5, 0.6) is 0 Å². The Morgan fingerprint density at radius 3 is 2.30 bits per heavy atom. The molecular weight excluding hydrogens is 368 g/mol. The van der Waals surface area contributed by atoms with Crippen molar-refractivity contribution >= 4 is 40.8 Å². The Labute approximate surface area is 163 Å². The molecule has 6 nitrogen and oxygen atoms in total. The number of carbonyl (C=O) groups excluding carboxylic acids is 3. The molecule has 0 fully saturated rings. The first-order chi connectivity index (χ1) is 12.7. The number of rotatable bonds is 5. The Morgan fingerprint density at radius 2 is 1.74 bits per heavy atom. The fraction of sp³-hybridized carbons (Fsp3) is 0.250. The number of hydrogen-bond donors (Lipinski definition) is 1. The highest BCUT2D eigenvalue weighted by Crippen LogP contribution is 2.28. The molecule has 0 bridgehead atoms. The molecule has 0 unspecified atom stereocenters. The number of carbonyl (C=O) groups is 3. The summed E-state index contributed by atoms with van der Waals surface area (Å²) in [6.07, 6.45) is 0. The molecule has 27 heavy (non-hydrogen) atoms. The standard InChI is InChI=1S/C20H21ClN2O4/c1-12-6-5-7-13(2)19(12)22-18(25)11-23(14(3)24)17-10-15(20(26)27-4)8-9-16(17)21/h5-10H,11H2,1-4H3,(H,22,25). The van der Waals surface area contributed by atoms with Crippen LogP contribution >= 0.6 is 11.6 Å². The number of nitrogens with one attached hydrogen (secondary N) is 1. The normalized spacial score (nSPS) is 10.3. The van der Waals surface area contributed by atoms with E-state index in [1.165, 1.54) is 37.1 Å². The van der Waals surface area contributed by atoms with E-state index >= 15 is 0 Å². The molecule has 0 saturated heterocycles. The topological polar surface area (TPSA) is 75.7 Å². The van der Waals surface area contributed by atoms with E-state index in [1.807, 2.05) is 32.0 Å². The van der Waals surface area contributed by atoms with Crippen molar-refractivity contribution in [2.45, 2.75) is 20.8 Å². The lowest BCUT2D eigenvalue weighted by Gasteiger charge is -2.23. The lowest BCUT2D eigenvalue weighted by molar-refractivity contribution is -0.120. The van der Waals surface area contributed by atoms with E-state index < -0.39 is 5.97 Å². The van der Waals surface area contributed by atoms with E-state index in [1.54, 1.807) is 0 Å². The molecule has 2 amide bonds. The molecule has 0 heterocycles. The molecule has 1 N–H and O–H groups in total. The molecule has 0 aromatic heterocycles. The van der Waals surface area contributed by atoms with Crippen molar-refractivity contribution in [3.8, 4) is 0 Å². The molecule has 0 radical (unpaired) electrons. The van der Waals surface area contributed by atoms with Gasteiger partial charge in [0.05, 0.1) is 23.4 Å². The summed E-state index contributed by atoms with van der Waals surface area (Å²) in [7, 11) is 1.26. The van der Waals surface area contributed by atoms with Crippen LogP contribution in [0.2, 0.25) is 5.02 Å². The number of hydrogen-bond acceptors (Lipinski definition) is 4. The van der Waals surface area contributed by atoms with E-state index in [0.29, 0.717) is 5.69 Å². The molecule has 2 aromatic carbocycles. The molecule has 142 valence electrons. The summed E-state index contributed by atoms with van der Waals surface area (Å²) in [5, 5.41) is 3.08. The van der Waals surface area contributed by atoms with Crippen LogP contribution < -0.4 is 10.2 Å². The summed E-state index contributed by atoms with van der Waals surface area (Å²) in [5.41, 5.74) is 3.05. The molecule has 2 rings (SSSR count). The van der Waals surface area contributed by atoms with Gasteiger partial charge < -0.3 is 15.0 Å². The highest BCUT2D eigenvalue weighted by molar-refractivity contribution is 6.34. The number of benzene rings is 2. The lowest BCUT2D eigenvalue weighted by atomic mass is 10.1. The molecule has 2 aromatic rings. The third kappa shape index (κ3) is 4.86. The van der Waals surface area contributed by atoms with Gasteiger partial charge in [-0.15, -0.1) is 0 Å². The number of ether oxygens (including phenoxy) is 1. The average Bonchev–Trinajstić information content (AvgIpc) is 2.62. The monoisotopic (exact) mass is 388 g/mol. The lowest BCUT2D eigenvalue weighted by Crippen LogP contribution is -2.37. The maximum absolute atomic E-state index is 12.6. The summed E-state index contributed by atoms with van der Waals surface area (Å²) >= 11 is 6.20. The van der Waals surface area contributed by atoms with Crippen LogP contribution in [-0.2, 0) is 14.3 Å². The van der Waals surface area contributed by atoms with Crippen molar-refractivity contribution in [2.24, 2.45) is 0 Å². The van der Waals surface area contributed by atoms with Gasteiger partial charge in [-0.1, -0.05) is 29.8 Å². The minimum Gasteiger partial charge on any atom is -0.465 e. The fourth-order valence-corrected chi connectivity index (χ4v) is 2.88. The van der Waals surface area contributed by atoms with Crippen LogP contribution in [0, 0.1) is 13.8 Å². The van der Waals surface area contributed by atoms with Crippen molar-refractivity contribution in [1.82, 2.24) is 0 Å². The fourth-order valence-electron chi connectivity index (χ4n) is 2.66. The molecule has 7 heteroatoms. The zero-order valence-corrected chi connectivity index (χ0v) is 16.4. The Bertz CT molecular complexity index is 875. The summed E-state index contributed by atoms with van der Waals surface area (Å²) in [4.78, 5) is 37.7. The summed E-state index contributed by atoms with van der Waals surface area (Å²) in [5.74, 6) is -1.31. The van der Waals surface area contributed by atoms with Gasteiger partial charge in [0.15, 0.2) is 0 Å². The van der Waals surface area contributed by atoms with Crippen LogP contribution in [0.4, 0.5) is 11.4 Å². The van der Waals surface area contributed by atoms with Crippen LogP contribution in [0.25, 0.3) is 0 Å². The smallest absolute Gasteiger partial charge is 0.337 e. The van der Waals surface area contributed by atoms with Gasteiger partial charge in [-0.25, -0.2) is 4.79 Å². The first-order valence-corrected chi connectivity index (χ1v) is 8.64. The second kappa shape index (κ2) is 8.68. The number of halogens is 1. The van der Waals surface area contributed by atoms with Crippen LogP contribution in [0.3, 0.4) is 0 Å². The van der Waals surface area contributed by atoms with Crippen molar-refractivity contribution in [3.05, 3.63) is 58.1 Å². The average molecular weight is 389 g/mol. The Kier molecular flexibility index (Phi) is 6.58. The van der Waals surface area contributed by atoms with Gasteiger partial charge in [0, 0.05) is 12.6 Å².